The molecule has 0 unspecified atom stereocenters. The fourth-order valence-electron chi connectivity index (χ4n) is 1.18. The van der Waals surface area contributed by atoms with E-state index in [0.717, 1.165) is 0 Å². The minimum Gasteiger partial charge on any atom is -0.394 e. The van der Waals surface area contributed by atoms with Crippen LogP contribution in [0.3, 0.4) is 0 Å². The number of alkyl halides is 3. The van der Waals surface area contributed by atoms with Gasteiger partial charge in [-0.05, 0) is 35.8 Å². The number of amides is 1. The van der Waals surface area contributed by atoms with Crippen molar-refractivity contribution in [3.63, 3.8) is 0 Å². The van der Waals surface area contributed by atoms with Crippen molar-refractivity contribution in [1.29, 1.82) is 0 Å². The van der Waals surface area contributed by atoms with E-state index in [9.17, 15) is 23.1 Å². The number of hydrogen-bond donors (Lipinski definition) is 3. The molecule has 4 N–H and O–H groups in total. The Labute approximate surface area is 126 Å². The van der Waals surface area contributed by atoms with Gasteiger partial charge >= 0.3 is 12.3 Å². The Morgan fingerprint density at radius 3 is 2.57 bits per heavy atom. The first-order chi connectivity index (χ1) is 9.40. The predicted molar refractivity (Wildman–Crippen MR) is 71.7 cm³/mol. The van der Waals surface area contributed by atoms with Crippen LogP contribution in [0.15, 0.2) is 10.7 Å². The molecular formula is C11H13BrF3N3O3. The number of nitrogens with two attached hydrogens (primary N) is 1. The highest BCUT2D eigenvalue weighted by Gasteiger charge is 2.35. The van der Waals surface area contributed by atoms with Crippen molar-refractivity contribution in [3.05, 3.63) is 16.2 Å². The minimum absolute atomic E-state index is 0.118. The average molecular weight is 372 g/mol. The summed E-state index contributed by atoms with van der Waals surface area (Å²) >= 11 is 2.64. The molecule has 118 valence electrons. The normalized spacial score (nSPS) is 12.1. The quantitative estimate of drug-likeness (QED) is 0.708. The predicted octanol–water partition coefficient (Wildman–Crippen LogP) is 2.30. The summed E-state index contributed by atoms with van der Waals surface area (Å²) in [6.07, 6.45) is -5.63. The highest BCUT2D eigenvalue weighted by atomic mass is 79.9. The van der Waals surface area contributed by atoms with Crippen molar-refractivity contribution in [2.45, 2.75) is 25.6 Å². The Kier molecular flexibility index (Phi) is 5.05. The number of ether oxygens (including phenoxy) is 1. The lowest BCUT2D eigenvalue weighted by Gasteiger charge is -2.17. The van der Waals surface area contributed by atoms with Crippen LogP contribution in [0.2, 0.25) is 0 Å². The second kappa shape index (κ2) is 6.06. The zero-order valence-corrected chi connectivity index (χ0v) is 12.7. The van der Waals surface area contributed by atoms with Gasteiger partial charge in [-0.2, -0.15) is 13.2 Å². The molecule has 6 nitrogen and oxygen atoms in total. The molecule has 0 aliphatic carbocycles. The summed E-state index contributed by atoms with van der Waals surface area (Å²) in [5.74, 6) is -0.469. The van der Waals surface area contributed by atoms with E-state index >= 15 is 0 Å². The summed E-state index contributed by atoms with van der Waals surface area (Å²) in [7, 11) is 0. The van der Waals surface area contributed by atoms with Crippen molar-refractivity contribution >= 4 is 27.7 Å². The van der Waals surface area contributed by atoms with Crippen LogP contribution in [0.25, 0.3) is 0 Å². The Hall–Kier alpha value is -1.55. The Morgan fingerprint density at radius 2 is 2.10 bits per heavy atom. The number of anilines is 1. The minimum atomic E-state index is -4.64. The van der Waals surface area contributed by atoms with Crippen LogP contribution >= 0.6 is 15.9 Å². The number of aromatic nitrogens is 1. The maximum absolute atomic E-state index is 12.6. The van der Waals surface area contributed by atoms with Gasteiger partial charge in [-0.25, -0.2) is 9.78 Å². The van der Waals surface area contributed by atoms with E-state index < -0.39 is 39.6 Å². The molecule has 1 heterocycles. The topological polar surface area (TPSA) is 97.5 Å². The first-order valence-electron chi connectivity index (χ1n) is 5.61. The molecule has 0 spiro atoms. The number of aliphatic hydroxyl groups is 1. The molecule has 0 aromatic carbocycles. The third-order valence-corrected chi connectivity index (χ3v) is 2.73. The first kappa shape index (κ1) is 17.5. The Balaban J connectivity index is 2.86. The van der Waals surface area contributed by atoms with E-state index in [1.54, 1.807) is 0 Å². The zero-order chi connectivity index (χ0) is 16.4. The van der Waals surface area contributed by atoms with Gasteiger partial charge in [0.05, 0.1) is 16.9 Å². The highest BCUT2D eigenvalue weighted by molar-refractivity contribution is 9.10. The molecule has 1 aromatic heterocycles. The summed E-state index contributed by atoms with van der Waals surface area (Å²) < 4.78 is 42.0. The van der Waals surface area contributed by atoms with Crippen molar-refractivity contribution in [2.24, 2.45) is 0 Å². The van der Waals surface area contributed by atoms with E-state index in [0.29, 0.717) is 6.07 Å². The van der Waals surface area contributed by atoms with Gasteiger partial charge in [0.1, 0.15) is 4.60 Å². The van der Waals surface area contributed by atoms with E-state index in [1.165, 1.54) is 13.8 Å². The molecule has 1 rings (SSSR count). The lowest BCUT2D eigenvalue weighted by Crippen LogP contribution is -2.39. The summed E-state index contributed by atoms with van der Waals surface area (Å²) in [4.78, 5) is 14.9. The molecular weight excluding hydrogens is 359 g/mol. The Bertz CT molecular complexity index is 544. The van der Waals surface area contributed by atoms with Crippen LogP contribution in [0, 0.1) is 0 Å². The number of rotatable bonds is 3. The molecule has 10 heteroatoms. The summed E-state index contributed by atoms with van der Waals surface area (Å²) in [6, 6.07) is 0.607. The van der Waals surface area contributed by atoms with E-state index in [1.807, 2.05) is 0 Å². The number of carbonyl (C=O) groups excluding carboxylic acids is 1. The molecule has 21 heavy (non-hydrogen) atoms. The second-order valence-electron chi connectivity index (χ2n) is 4.77. The number of pyridine rings is 1. The number of nitrogens with one attached hydrogen (secondary N) is 1. The smallest absolute Gasteiger partial charge is 0.394 e. The van der Waals surface area contributed by atoms with Crippen LogP contribution in [0.1, 0.15) is 19.4 Å². The lowest BCUT2D eigenvalue weighted by molar-refractivity contribution is -0.138. The maximum atomic E-state index is 12.6. The molecule has 0 atom stereocenters. The van der Waals surface area contributed by atoms with Gasteiger partial charge in [0, 0.05) is 6.54 Å². The number of halogens is 4. The van der Waals surface area contributed by atoms with Crippen LogP contribution in [0.4, 0.5) is 23.7 Å². The number of nitrogen functional groups attached to an aromatic ring is 1. The van der Waals surface area contributed by atoms with Crippen LogP contribution in [-0.4, -0.2) is 28.3 Å². The molecule has 0 saturated carbocycles. The lowest BCUT2D eigenvalue weighted by atomic mass is 10.1. The monoisotopic (exact) mass is 371 g/mol. The number of nitrogens with zero attached hydrogens (tertiary/aromatic N) is 1. The van der Waals surface area contributed by atoms with Crippen molar-refractivity contribution in [1.82, 2.24) is 10.3 Å². The number of hydrogen-bond acceptors (Lipinski definition) is 5. The number of carbonyl (C=O) groups is 1. The van der Waals surface area contributed by atoms with Gasteiger partial charge in [-0.15, -0.1) is 0 Å². The molecule has 0 aliphatic heterocycles. The summed E-state index contributed by atoms with van der Waals surface area (Å²) in [5.41, 5.74) is 2.69. The van der Waals surface area contributed by atoms with E-state index in [4.69, 9.17) is 10.5 Å². The molecule has 0 saturated heterocycles. The fourth-order valence-corrected chi connectivity index (χ4v) is 1.68. The Morgan fingerprint density at radius 1 is 1.52 bits per heavy atom. The van der Waals surface area contributed by atoms with Crippen molar-refractivity contribution < 1.29 is 27.8 Å². The third-order valence-electron chi connectivity index (χ3n) is 2.13. The second-order valence-corrected chi connectivity index (χ2v) is 5.53. The van der Waals surface area contributed by atoms with Crippen molar-refractivity contribution in [3.8, 4) is 5.88 Å². The SMILES string of the molecule is CC(C)(O)CNC(=O)Oc1nc(Br)c(C(F)(F)F)cc1N. The van der Waals surface area contributed by atoms with Crippen molar-refractivity contribution in [2.75, 3.05) is 12.3 Å². The van der Waals surface area contributed by atoms with Gasteiger partial charge in [-0.3, -0.25) is 0 Å². The van der Waals surface area contributed by atoms with Gasteiger partial charge in [0.25, 0.3) is 0 Å². The standard InChI is InChI=1S/C11H13BrF3N3O3/c1-10(2,20)4-17-9(19)21-8-6(16)3-5(7(12)18-8)11(13,14)15/h3,20H,4,16H2,1-2H3,(H,17,19). The average Bonchev–Trinajstić information content (AvgIpc) is 2.28. The molecule has 0 fully saturated rings. The molecule has 0 radical (unpaired) electrons. The van der Waals surface area contributed by atoms with Gasteiger partial charge < -0.3 is 20.9 Å². The summed E-state index contributed by atoms with van der Waals surface area (Å²) in [6.45, 7) is 2.79. The van der Waals surface area contributed by atoms with Gasteiger partial charge in [0.15, 0.2) is 0 Å². The third kappa shape index (κ3) is 5.38. The molecule has 1 aromatic rings. The molecule has 0 aliphatic rings. The fraction of sp³-hybridized carbons (Fsp3) is 0.455. The van der Waals surface area contributed by atoms with Crippen LogP contribution in [0.5, 0.6) is 5.88 Å². The largest absolute Gasteiger partial charge is 0.419 e. The zero-order valence-electron chi connectivity index (χ0n) is 11.1. The molecule has 0 bridgehead atoms. The van der Waals surface area contributed by atoms with Gasteiger partial charge in [-0.1, -0.05) is 0 Å². The maximum Gasteiger partial charge on any atom is 0.419 e. The molecule has 1 amide bonds. The van der Waals surface area contributed by atoms with E-state index in [2.05, 4.69) is 26.2 Å². The highest BCUT2D eigenvalue weighted by Crippen LogP contribution is 2.37. The van der Waals surface area contributed by atoms with Crippen LogP contribution < -0.4 is 15.8 Å². The van der Waals surface area contributed by atoms with Crippen LogP contribution in [-0.2, 0) is 6.18 Å². The van der Waals surface area contributed by atoms with E-state index in [-0.39, 0.29) is 6.54 Å². The van der Waals surface area contributed by atoms with Gasteiger partial charge in [0.2, 0.25) is 5.88 Å². The first-order valence-corrected chi connectivity index (χ1v) is 6.41. The summed E-state index contributed by atoms with van der Waals surface area (Å²) in [5, 5.41) is 11.6.